The minimum atomic E-state index is -0.747. The maximum Gasteiger partial charge on any atom is 0.326 e. The third-order valence-electron chi connectivity index (χ3n) is 2.40. The first-order chi connectivity index (χ1) is 8.87. The van der Waals surface area contributed by atoms with Gasteiger partial charge in [-0.3, -0.25) is 15.2 Å². The van der Waals surface area contributed by atoms with Crippen molar-refractivity contribution in [3.05, 3.63) is 5.82 Å². The summed E-state index contributed by atoms with van der Waals surface area (Å²) in [7, 11) is 0. The Bertz CT molecular complexity index is 422. The summed E-state index contributed by atoms with van der Waals surface area (Å²) >= 11 is 1.43. The number of rotatable bonds is 7. The average molecular weight is 286 g/mol. The zero-order valence-corrected chi connectivity index (χ0v) is 12.9. The highest BCUT2D eigenvalue weighted by molar-refractivity contribution is 7.99. The maximum absolute atomic E-state index is 12.1. The molecule has 0 amide bonds. The van der Waals surface area contributed by atoms with Gasteiger partial charge in [-0.05, 0) is 34.6 Å². The van der Waals surface area contributed by atoms with Crippen LogP contribution in [-0.2, 0) is 9.53 Å². The van der Waals surface area contributed by atoms with Gasteiger partial charge in [-0.1, -0.05) is 11.8 Å². The van der Waals surface area contributed by atoms with Crippen LogP contribution in [0.2, 0.25) is 0 Å². The van der Waals surface area contributed by atoms with E-state index in [1.807, 2.05) is 27.7 Å². The first kappa shape index (κ1) is 16.0. The van der Waals surface area contributed by atoms with Crippen LogP contribution in [0.1, 0.15) is 33.5 Å². The molecule has 7 heteroatoms. The fraction of sp³-hybridized carbons (Fsp3) is 0.750. The van der Waals surface area contributed by atoms with Crippen molar-refractivity contribution < 1.29 is 9.53 Å². The molecule has 1 rings (SSSR count). The van der Waals surface area contributed by atoms with Crippen molar-refractivity contribution in [2.75, 3.05) is 12.4 Å². The molecule has 2 N–H and O–H groups in total. The maximum atomic E-state index is 12.1. The van der Waals surface area contributed by atoms with Gasteiger partial charge < -0.3 is 4.74 Å². The van der Waals surface area contributed by atoms with E-state index in [9.17, 15) is 4.79 Å². The zero-order valence-electron chi connectivity index (χ0n) is 12.1. The number of esters is 1. The van der Waals surface area contributed by atoms with E-state index in [-0.39, 0.29) is 12.0 Å². The van der Waals surface area contributed by atoms with Crippen LogP contribution in [0, 0.1) is 6.92 Å². The van der Waals surface area contributed by atoms with Gasteiger partial charge in [-0.15, -0.1) is 5.10 Å². The molecule has 0 radical (unpaired) electrons. The summed E-state index contributed by atoms with van der Waals surface area (Å²) in [6.45, 7) is 9.86. The van der Waals surface area contributed by atoms with E-state index in [1.165, 1.54) is 11.8 Å². The third-order valence-corrected chi connectivity index (χ3v) is 3.56. The number of nitrogens with zero attached hydrogens (tertiary/aromatic N) is 2. The van der Waals surface area contributed by atoms with E-state index in [0.29, 0.717) is 17.5 Å². The molecule has 19 heavy (non-hydrogen) atoms. The first-order valence-electron chi connectivity index (χ1n) is 6.34. The Labute approximate surface area is 118 Å². The molecule has 0 spiro atoms. The van der Waals surface area contributed by atoms with Crippen LogP contribution in [0.15, 0.2) is 5.16 Å². The molecule has 0 aromatic carbocycles. The molecular formula is C12H22N4O2S. The van der Waals surface area contributed by atoms with Gasteiger partial charge in [0.15, 0.2) is 0 Å². The highest BCUT2D eigenvalue weighted by atomic mass is 32.2. The fourth-order valence-corrected chi connectivity index (χ4v) is 2.61. The van der Waals surface area contributed by atoms with E-state index < -0.39 is 5.54 Å². The molecular weight excluding hydrogens is 264 g/mol. The Morgan fingerprint density at radius 1 is 1.58 bits per heavy atom. The Morgan fingerprint density at radius 2 is 2.26 bits per heavy atom. The van der Waals surface area contributed by atoms with E-state index >= 15 is 0 Å². The van der Waals surface area contributed by atoms with Crippen molar-refractivity contribution >= 4 is 17.7 Å². The van der Waals surface area contributed by atoms with Gasteiger partial charge in [0.2, 0.25) is 5.16 Å². The molecule has 0 saturated carbocycles. The number of aryl methyl sites for hydroxylation is 1. The highest BCUT2D eigenvalue weighted by Gasteiger charge is 2.35. The molecule has 0 bridgehead atoms. The van der Waals surface area contributed by atoms with Gasteiger partial charge >= 0.3 is 5.97 Å². The normalized spacial score (nSPS) is 14.4. The third kappa shape index (κ3) is 4.83. The molecule has 6 nitrogen and oxygen atoms in total. The SMILES string of the molecule is CCOC(=O)C(C)(CSc1n[nH]c(C)n1)NC(C)C. The van der Waals surface area contributed by atoms with Crippen LogP contribution in [0.5, 0.6) is 0 Å². The Balaban J connectivity index is 2.70. The summed E-state index contributed by atoms with van der Waals surface area (Å²) < 4.78 is 5.14. The predicted molar refractivity (Wildman–Crippen MR) is 75.2 cm³/mol. The second-order valence-corrected chi connectivity index (χ2v) is 5.79. The number of hydrogen-bond donors (Lipinski definition) is 2. The first-order valence-corrected chi connectivity index (χ1v) is 7.32. The van der Waals surface area contributed by atoms with Gasteiger partial charge in [0.25, 0.3) is 0 Å². The standard InChI is InChI=1S/C12H22N4O2S/c1-6-18-10(17)12(5,14-8(2)3)7-19-11-13-9(4)15-16-11/h8,14H,6-7H2,1-5H3,(H,13,15,16). The summed E-state index contributed by atoms with van der Waals surface area (Å²) in [6.07, 6.45) is 0. The van der Waals surface area contributed by atoms with Crippen molar-refractivity contribution in [3.63, 3.8) is 0 Å². The molecule has 0 fully saturated rings. The summed E-state index contributed by atoms with van der Waals surface area (Å²) in [5.41, 5.74) is -0.747. The molecule has 0 aliphatic heterocycles. The Morgan fingerprint density at radius 3 is 2.74 bits per heavy atom. The summed E-state index contributed by atoms with van der Waals surface area (Å²) in [5.74, 6) is 1.03. The lowest BCUT2D eigenvalue weighted by Gasteiger charge is -2.29. The van der Waals surface area contributed by atoms with Crippen molar-refractivity contribution in [3.8, 4) is 0 Å². The molecule has 108 valence electrons. The zero-order chi connectivity index (χ0) is 14.5. The van der Waals surface area contributed by atoms with E-state index in [4.69, 9.17) is 4.74 Å². The van der Waals surface area contributed by atoms with Crippen molar-refractivity contribution in [1.82, 2.24) is 20.5 Å². The Kier molecular flexibility index (Phi) is 5.81. The van der Waals surface area contributed by atoms with Crippen LogP contribution in [-0.4, -0.2) is 45.1 Å². The quantitative estimate of drug-likeness (QED) is 0.584. The fourth-order valence-electron chi connectivity index (χ4n) is 1.68. The molecule has 0 aliphatic rings. The minimum absolute atomic E-state index is 0.184. The number of H-pyrrole nitrogens is 1. The molecule has 0 saturated heterocycles. The lowest BCUT2D eigenvalue weighted by molar-refractivity contribution is -0.149. The lowest BCUT2D eigenvalue weighted by Crippen LogP contribution is -2.55. The summed E-state index contributed by atoms with van der Waals surface area (Å²) in [6, 6.07) is 0.184. The molecule has 0 aliphatic carbocycles. The smallest absolute Gasteiger partial charge is 0.326 e. The number of aromatic nitrogens is 3. The number of hydrogen-bond acceptors (Lipinski definition) is 6. The topological polar surface area (TPSA) is 79.9 Å². The monoisotopic (exact) mass is 286 g/mol. The molecule has 1 aromatic rings. The summed E-state index contributed by atoms with van der Waals surface area (Å²) in [5, 5.41) is 10.7. The second kappa shape index (κ2) is 6.91. The largest absolute Gasteiger partial charge is 0.465 e. The molecule has 1 atom stereocenters. The van der Waals surface area contributed by atoms with Crippen molar-refractivity contribution in [2.24, 2.45) is 0 Å². The van der Waals surface area contributed by atoms with Gasteiger partial charge in [-0.25, -0.2) is 4.98 Å². The number of carbonyl (C=O) groups is 1. The Hall–Kier alpha value is -1.08. The van der Waals surface area contributed by atoms with Crippen LogP contribution in [0.4, 0.5) is 0 Å². The lowest BCUT2D eigenvalue weighted by atomic mass is 10.0. The number of ether oxygens (including phenoxy) is 1. The van der Waals surface area contributed by atoms with Crippen molar-refractivity contribution in [1.29, 1.82) is 0 Å². The number of nitrogens with one attached hydrogen (secondary N) is 2. The predicted octanol–water partition coefficient (Wildman–Crippen LogP) is 1.53. The highest BCUT2D eigenvalue weighted by Crippen LogP contribution is 2.21. The van der Waals surface area contributed by atoms with E-state index in [0.717, 1.165) is 5.82 Å². The van der Waals surface area contributed by atoms with E-state index in [2.05, 4.69) is 20.5 Å². The van der Waals surface area contributed by atoms with Crippen LogP contribution < -0.4 is 5.32 Å². The van der Waals surface area contributed by atoms with E-state index in [1.54, 1.807) is 6.92 Å². The molecule has 1 aromatic heterocycles. The second-order valence-electron chi connectivity index (χ2n) is 4.84. The average Bonchev–Trinajstić information content (AvgIpc) is 2.72. The van der Waals surface area contributed by atoms with Crippen molar-refractivity contribution in [2.45, 2.75) is 51.4 Å². The van der Waals surface area contributed by atoms with Crippen LogP contribution >= 0.6 is 11.8 Å². The number of thioether (sulfide) groups is 1. The van der Waals surface area contributed by atoms with Gasteiger partial charge in [-0.2, -0.15) is 0 Å². The van der Waals surface area contributed by atoms with Crippen LogP contribution in [0.3, 0.4) is 0 Å². The van der Waals surface area contributed by atoms with Gasteiger partial charge in [0.05, 0.1) is 6.61 Å². The van der Waals surface area contributed by atoms with Gasteiger partial charge in [0, 0.05) is 11.8 Å². The van der Waals surface area contributed by atoms with Gasteiger partial charge in [0.1, 0.15) is 11.4 Å². The minimum Gasteiger partial charge on any atom is -0.465 e. The summed E-state index contributed by atoms with van der Waals surface area (Å²) in [4.78, 5) is 16.3. The number of carbonyl (C=O) groups excluding carboxylic acids is 1. The number of aromatic amines is 1. The van der Waals surface area contributed by atoms with Crippen LogP contribution in [0.25, 0.3) is 0 Å². The molecule has 1 unspecified atom stereocenters. The molecule has 1 heterocycles.